The van der Waals surface area contributed by atoms with E-state index in [2.05, 4.69) is 28.7 Å². The topological polar surface area (TPSA) is 46.9 Å². The molecule has 0 bridgehead atoms. The number of hydrogen-bond acceptors (Lipinski definition) is 2. The van der Waals surface area contributed by atoms with Gasteiger partial charge in [0.05, 0.1) is 17.4 Å². The predicted molar refractivity (Wildman–Crippen MR) is 97.0 cm³/mol. The minimum atomic E-state index is -0.279. The number of nitrogens with one attached hydrogen (secondary N) is 1. The second-order valence-electron chi connectivity index (χ2n) is 5.20. The minimum absolute atomic E-state index is 0.279. The molecule has 1 aromatic carbocycles. The number of anilines is 1. The van der Waals surface area contributed by atoms with E-state index in [1.54, 1.807) is 6.20 Å². The number of benzene rings is 1. The maximum absolute atomic E-state index is 11.4. The Kier molecular flexibility index (Phi) is 4.37. The van der Waals surface area contributed by atoms with Gasteiger partial charge in [0.2, 0.25) is 5.91 Å². The average molecular weight is 336 g/mol. The minimum Gasteiger partial charge on any atom is -0.334 e. The molecule has 0 atom stereocenters. The number of carbonyl (C=O) groups excluding carboxylic acids is 1. The van der Waals surface area contributed by atoms with Crippen molar-refractivity contribution in [2.45, 2.75) is 0 Å². The number of rotatable bonds is 2. The van der Waals surface area contributed by atoms with Crippen molar-refractivity contribution in [2.24, 2.45) is 7.05 Å². The largest absolute Gasteiger partial charge is 0.334 e. The van der Waals surface area contributed by atoms with Crippen molar-refractivity contribution in [1.29, 1.82) is 0 Å². The normalized spacial score (nSPS) is 10.1. The van der Waals surface area contributed by atoms with Gasteiger partial charge in [0, 0.05) is 29.2 Å². The Labute approximate surface area is 144 Å². The zero-order valence-electron chi connectivity index (χ0n) is 13.0. The second kappa shape index (κ2) is 6.61. The van der Waals surface area contributed by atoms with Gasteiger partial charge in [-0.2, -0.15) is 0 Å². The lowest BCUT2D eigenvalue weighted by atomic mass is 10.2. The average Bonchev–Trinajstić information content (AvgIpc) is 2.88. The van der Waals surface area contributed by atoms with Gasteiger partial charge in [-0.05, 0) is 30.3 Å². The molecule has 3 aromatic rings. The Morgan fingerprint density at radius 1 is 1.38 bits per heavy atom. The molecule has 1 N–H and O–H groups in total. The third kappa shape index (κ3) is 3.32. The van der Waals surface area contributed by atoms with Crippen molar-refractivity contribution >= 4 is 34.2 Å². The summed E-state index contributed by atoms with van der Waals surface area (Å²) in [5.74, 6) is 5.96. The molecular weight excluding hydrogens is 322 g/mol. The smallest absolute Gasteiger partial charge is 0.247 e. The summed E-state index contributed by atoms with van der Waals surface area (Å²) in [5.41, 5.74) is 3.06. The first kappa shape index (κ1) is 15.9. The van der Waals surface area contributed by atoms with Crippen LogP contribution in [0.15, 0.2) is 55.4 Å². The molecule has 0 radical (unpaired) electrons. The monoisotopic (exact) mass is 335 g/mol. The molecule has 5 heteroatoms. The fourth-order valence-electron chi connectivity index (χ4n) is 2.33. The first-order chi connectivity index (χ1) is 11.6. The predicted octanol–water partition coefficient (Wildman–Crippen LogP) is 3.75. The Morgan fingerprint density at radius 2 is 2.21 bits per heavy atom. The fraction of sp³-hybridized carbons (Fsp3) is 0.0526. The van der Waals surface area contributed by atoms with Gasteiger partial charge in [0.15, 0.2) is 0 Å². The van der Waals surface area contributed by atoms with E-state index in [0.29, 0.717) is 10.7 Å². The Balaban J connectivity index is 2.03. The van der Waals surface area contributed by atoms with E-state index in [9.17, 15) is 4.79 Å². The second-order valence-corrected chi connectivity index (χ2v) is 5.64. The summed E-state index contributed by atoms with van der Waals surface area (Å²) >= 11 is 5.98. The molecule has 0 fully saturated rings. The quantitative estimate of drug-likeness (QED) is 0.572. The van der Waals surface area contributed by atoms with E-state index in [0.717, 1.165) is 22.2 Å². The van der Waals surface area contributed by atoms with Crippen molar-refractivity contribution in [1.82, 2.24) is 9.55 Å². The van der Waals surface area contributed by atoms with E-state index in [1.807, 2.05) is 48.1 Å². The summed E-state index contributed by atoms with van der Waals surface area (Å²) in [6.07, 6.45) is 4.74. The molecule has 0 spiro atoms. The molecule has 4 nitrogen and oxygen atoms in total. The van der Waals surface area contributed by atoms with E-state index in [-0.39, 0.29) is 5.91 Å². The van der Waals surface area contributed by atoms with Crippen molar-refractivity contribution in [2.75, 3.05) is 5.32 Å². The number of hydrogen-bond donors (Lipinski definition) is 1. The lowest BCUT2D eigenvalue weighted by Gasteiger charge is -2.02. The van der Waals surface area contributed by atoms with Crippen LogP contribution in [-0.4, -0.2) is 15.5 Å². The summed E-state index contributed by atoms with van der Waals surface area (Å²) in [6, 6.07) is 9.24. The zero-order valence-corrected chi connectivity index (χ0v) is 13.8. The number of halogens is 1. The Bertz CT molecular complexity index is 1010. The van der Waals surface area contributed by atoms with Gasteiger partial charge in [-0.15, -0.1) is 0 Å². The van der Waals surface area contributed by atoms with Crippen molar-refractivity contribution in [3.8, 4) is 11.8 Å². The molecule has 0 unspecified atom stereocenters. The maximum Gasteiger partial charge on any atom is 0.247 e. The van der Waals surface area contributed by atoms with Gasteiger partial charge in [-0.1, -0.05) is 36.1 Å². The molecular formula is C19H14ClN3O. The van der Waals surface area contributed by atoms with E-state index < -0.39 is 0 Å². The highest BCUT2D eigenvalue weighted by Crippen LogP contribution is 2.22. The molecule has 0 aliphatic rings. The number of nitrogens with zero attached hydrogens (tertiary/aromatic N) is 2. The van der Waals surface area contributed by atoms with Gasteiger partial charge in [0.25, 0.3) is 0 Å². The molecule has 0 aliphatic heterocycles. The summed E-state index contributed by atoms with van der Waals surface area (Å²) in [4.78, 5) is 15.8. The van der Waals surface area contributed by atoms with Gasteiger partial charge in [0.1, 0.15) is 5.65 Å². The molecule has 24 heavy (non-hydrogen) atoms. The molecule has 1 amide bonds. The highest BCUT2D eigenvalue weighted by atomic mass is 35.5. The number of fused-ring (bicyclic) bond motifs is 1. The van der Waals surface area contributed by atoms with Gasteiger partial charge < -0.3 is 9.88 Å². The van der Waals surface area contributed by atoms with Crippen LogP contribution >= 0.6 is 11.6 Å². The fourth-order valence-corrected chi connectivity index (χ4v) is 2.52. The van der Waals surface area contributed by atoms with Crippen LogP contribution in [0.1, 0.15) is 11.1 Å². The lowest BCUT2D eigenvalue weighted by Crippen LogP contribution is -2.07. The van der Waals surface area contributed by atoms with Gasteiger partial charge in [-0.3, -0.25) is 4.79 Å². The summed E-state index contributed by atoms with van der Waals surface area (Å²) in [6.45, 7) is 3.44. The van der Waals surface area contributed by atoms with Crippen LogP contribution in [0.25, 0.3) is 11.0 Å². The van der Waals surface area contributed by atoms with Crippen molar-refractivity contribution in [3.63, 3.8) is 0 Å². The van der Waals surface area contributed by atoms with Crippen LogP contribution in [0.4, 0.5) is 5.69 Å². The SMILES string of the molecule is C=CC(=O)Nc1cnc2c(c1)c(C#Cc1cccc(Cl)c1)cn2C. The Hall–Kier alpha value is -3.03. The van der Waals surface area contributed by atoms with Crippen molar-refractivity contribution < 1.29 is 4.79 Å². The first-order valence-corrected chi connectivity index (χ1v) is 7.60. The standard InChI is InChI=1S/C19H14ClN3O/c1-3-18(24)22-16-10-17-14(12-23(2)19(17)21-11-16)8-7-13-5-4-6-15(20)9-13/h3-6,9-12H,1H2,2H3,(H,22,24). The third-order valence-corrected chi connectivity index (χ3v) is 3.67. The van der Waals surface area contributed by atoms with Crippen LogP contribution in [0.2, 0.25) is 5.02 Å². The Morgan fingerprint density at radius 3 is 2.96 bits per heavy atom. The molecule has 0 aliphatic carbocycles. The highest BCUT2D eigenvalue weighted by molar-refractivity contribution is 6.30. The summed E-state index contributed by atoms with van der Waals surface area (Å²) < 4.78 is 1.90. The van der Waals surface area contributed by atoms with E-state index >= 15 is 0 Å². The number of amides is 1. The molecule has 0 saturated heterocycles. The van der Waals surface area contributed by atoms with E-state index in [4.69, 9.17) is 11.6 Å². The van der Waals surface area contributed by atoms with Crippen LogP contribution < -0.4 is 5.32 Å². The first-order valence-electron chi connectivity index (χ1n) is 7.23. The van der Waals surface area contributed by atoms with Crippen LogP contribution in [-0.2, 0) is 11.8 Å². The highest BCUT2D eigenvalue weighted by Gasteiger charge is 2.08. The van der Waals surface area contributed by atoms with Gasteiger partial charge in [-0.25, -0.2) is 4.98 Å². The summed E-state index contributed by atoms with van der Waals surface area (Å²) in [5, 5.41) is 4.23. The number of aryl methyl sites for hydroxylation is 1. The zero-order chi connectivity index (χ0) is 17.1. The molecule has 2 heterocycles. The number of pyridine rings is 1. The molecule has 3 rings (SSSR count). The van der Waals surface area contributed by atoms with Crippen molar-refractivity contribution in [3.05, 3.63) is 71.5 Å². The lowest BCUT2D eigenvalue weighted by molar-refractivity contribution is -0.111. The van der Waals surface area contributed by atoms with Crippen LogP contribution in [0, 0.1) is 11.8 Å². The summed E-state index contributed by atoms with van der Waals surface area (Å²) in [7, 11) is 1.90. The van der Waals surface area contributed by atoms with E-state index in [1.165, 1.54) is 6.08 Å². The maximum atomic E-state index is 11.4. The number of carbonyl (C=O) groups is 1. The molecule has 0 saturated carbocycles. The van der Waals surface area contributed by atoms with Crippen LogP contribution in [0.3, 0.4) is 0 Å². The van der Waals surface area contributed by atoms with Crippen LogP contribution in [0.5, 0.6) is 0 Å². The third-order valence-electron chi connectivity index (χ3n) is 3.43. The number of aromatic nitrogens is 2. The molecule has 118 valence electrons. The van der Waals surface area contributed by atoms with Gasteiger partial charge >= 0.3 is 0 Å². The molecule has 2 aromatic heterocycles.